The molecule has 5 heteroatoms. The van der Waals surface area contributed by atoms with Crippen molar-refractivity contribution in [1.82, 2.24) is 19.9 Å². The van der Waals surface area contributed by atoms with Crippen LogP contribution < -0.4 is 5.32 Å². The minimum atomic E-state index is 0.317. The summed E-state index contributed by atoms with van der Waals surface area (Å²) < 4.78 is 3.14. The van der Waals surface area contributed by atoms with E-state index in [1.165, 1.54) is 5.56 Å². The summed E-state index contributed by atoms with van der Waals surface area (Å²) in [4.78, 5) is 0. The Balaban J connectivity index is 1.59. The van der Waals surface area contributed by atoms with Gasteiger partial charge in [-0.05, 0) is 36.8 Å². The van der Waals surface area contributed by atoms with E-state index in [0.29, 0.717) is 6.04 Å². The van der Waals surface area contributed by atoms with Gasteiger partial charge in [0.15, 0.2) is 5.65 Å². The molecule has 1 unspecified atom stereocenters. The lowest BCUT2D eigenvalue weighted by Crippen LogP contribution is -2.22. The maximum atomic E-state index is 4.24. The number of halogens is 1. The minimum Gasteiger partial charge on any atom is -0.310 e. The van der Waals surface area contributed by atoms with Gasteiger partial charge in [0.1, 0.15) is 5.82 Å². The van der Waals surface area contributed by atoms with Crippen molar-refractivity contribution in [3.05, 3.63) is 64.5 Å². The molecule has 108 valence electrons. The van der Waals surface area contributed by atoms with Gasteiger partial charge in [0.05, 0.1) is 0 Å². The van der Waals surface area contributed by atoms with Gasteiger partial charge in [-0.3, -0.25) is 4.40 Å². The Bertz CT molecular complexity index is 720. The molecule has 0 saturated heterocycles. The van der Waals surface area contributed by atoms with E-state index < -0.39 is 0 Å². The fourth-order valence-electron chi connectivity index (χ4n) is 2.33. The number of aromatic nitrogens is 3. The predicted octanol–water partition coefficient (Wildman–Crippen LogP) is 3.39. The molecule has 3 rings (SSSR count). The fourth-order valence-corrected chi connectivity index (χ4v) is 2.60. The summed E-state index contributed by atoms with van der Waals surface area (Å²) in [7, 11) is 0. The van der Waals surface area contributed by atoms with Gasteiger partial charge < -0.3 is 5.32 Å². The highest BCUT2D eigenvalue weighted by molar-refractivity contribution is 9.10. The monoisotopic (exact) mass is 344 g/mol. The van der Waals surface area contributed by atoms with Gasteiger partial charge in [-0.25, -0.2) is 0 Å². The number of hydrogen-bond donors (Lipinski definition) is 1. The number of benzene rings is 1. The molecule has 0 aliphatic heterocycles. The van der Waals surface area contributed by atoms with Crippen LogP contribution in [-0.4, -0.2) is 21.1 Å². The summed E-state index contributed by atoms with van der Waals surface area (Å²) in [5, 5.41) is 11.9. The summed E-state index contributed by atoms with van der Waals surface area (Å²) in [5.41, 5.74) is 2.18. The van der Waals surface area contributed by atoms with Crippen molar-refractivity contribution in [2.24, 2.45) is 0 Å². The van der Waals surface area contributed by atoms with Gasteiger partial charge in [-0.1, -0.05) is 34.1 Å². The Morgan fingerprint density at radius 1 is 1.14 bits per heavy atom. The van der Waals surface area contributed by atoms with Gasteiger partial charge in [0.2, 0.25) is 0 Å². The maximum Gasteiger partial charge on any atom is 0.160 e. The summed E-state index contributed by atoms with van der Waals surface area (Å²) in [6, 6.07) is 14.7. The van der Waals surface area contributed by atoms with E-state index in [-0.39, 0.29) is 0 Å². The van der Waals surface area contributed by atoms with E-state index in [1.54, 1.807) is 0 Å². The van der Waals surface area contributed by atoms with Gasteiger partial charge in [-0.15, -0.1) is 10.2 Å². The van der Waals surface area contributed by atoms with E-state index in [1.807, 2.05) is 28.8 Å². The average molecular weight is 345 g/mol. The van der Waals surface area contributed by atoms with E-state index in [4.69, 9.17) is 0 Å². The molecule has 2 aromatic heterocycles. The molecule has 4 nitrogen and oxygen atoms in total. The van der Waals surface area contributed by atoms with Gasteiger partial charge in [0, 0.05) is 29.7 Å². The molecule has 0 bridgehead atoms. The highest BCUT2D eigenvalue weighted by Gasteiger charge is 2.07. The largest absolute Gasteiger partial charge is 0.310 e. The van der Waals surface area contributed by atoms with Crippen molar-refractivity contribution in [2.45, 2.75) is 19.4 Å². The molecular weight excluding hydrogens is 328 g/mol. The summed E-state index contributed by atoms with van der Waals surface area (Å²) >= 11 is 3.46. The molecule has 0 spiro atoms. The van der Waals surface area contributed by atoms with E-state index in [0.717, 1.165) is 28.9 Å². The van der Waals surface area contributed by atoms with Crippen molar-refractivity contribution in [3.8, 4) is 0 Å². The molecular formula is C16H17BrN4. The van der Waals surface area contributed by atoms with E-state index >= 15 is 0 Å². The molecule has 1 N–H and O–H groups in total. The maximum absolute atomic E-state index is 4.24. The molecule has 1 atom stereocenters. The third kappa shape index (κ3) is 3.31. The zero-order valence-corrected chi connectivity index (χ0v) is 13.4. The lowest BCUT2D eigenvalue weighted by atomic mass is 10.1. The van der Waals surface area contributed by atoms with Crippen LogP contribution in [-0.2, 0) is 6.42 Å². The normalized spacial score (nSPS) is 12.7. The highest BCUT2D eigenvalue weighted by Crippen LogP contribution is 2.16. The number of nitrogens with one attached hydrogen (secondary N) is 1. The molecule has 0 aliphatic rings. The first-order valence-corrected chi connectivity index (χ1v) is 7.81. The third-order valence-electron chi connectivity index (χ3n) is 3.55. The highest BCUT2D eigenvalue weighted by atomic mass is 79.9. The second kappa shape index (κ2) is 6.37. The fraction of sp³-hybridized carbons (Fsp3) is 0.250. The van der Waals surface area contributed by atoms with E-state index in [2.05, 4.69) is 62.6 Å². The molecule has 1 aromatic carbocycles. The van der Waals surface area contributed by atoms with Crippen LogP contribution in [0.15, 0.2) is 53.1 Å². The molecule has 0 fully saturated rings. The van der Waals surface area contributed by atoms with Crippen molar-refractivity contribution >= 4 is 21.6 Å². The van der Waals surface area contributed by atoms with Crippen LogP contribution in [0.4, 0.5) is 0 Å². The van der Waals surface area contributed by atoms with Crippen molar-refractivity contribution < 1.29 is 0 Å². The molecule has 21 heavy (non-hydrogen) atoms. The van der Waals surface area contributed by atoms with Crippen LogP contribution in [0.5, 0.6) is 0 Å². The topological polar surface area (TPSA) is 42.2 Å². The summed E-state index contributed by atoms with van der Waals surface area (Å²) in [5.74, 6) is 0.987. The predicted molar refractivity (Wildman–Crippen MR) is 87.3 cm³/mol. The quantitative estimate of drug-likeness (QED) is 0.771. The van der Waals surface area contributed by atoms with Crippen molar-refractivity contribution in [1.29, 1.82) is 0 Å². The number of rotatable bonds is 5. The number of pyridine rings is 1. The minimum absolute atomic E-state index is 0.317. The molecule has 0 saturated carbocycles. The van der Waals surface area contributed by atoms with Crippen LogP contribution in [0.1, 0.15) is 24.4 Å². The average Bonchev–Trinajstić information content (AvgIpc) is 2.91. The molecule has 0 amide bonds. The molecule has 0 radical (unpaired) electrons. The second-order valence-corrected chi connectivity index (χ2v) is 5.94. The summed E-state index contributed by atoms with van der Waals surface area (Å²) in [6.07, 6.45) is 2.86. The Labute approximate surface area is 132 Å². The zero-order chi connectivity index (χ0) is 14.7. The van der Waals surface area contributed by atoms with Crippen LogP contribution >= 0.6 is 15.9 Å². The smallest absolute Gasteiger partial charge is 0.160 e. The van der Waals surface area contributed by atoms with Crippen LogP contribution in [0.25, 0.3) is 5.65 Å². The molecule has 0 aliphatic carbocycles. The molecule has 3 aromatic rings. The Morgan fingerprint density at radius 2 is 1.95 bits per heavy atom. The Morgan fingerprint density at radius 3 is 2.76 bits per heavy atom. The lowest BCUT2D eigenvalue weighted by molar-refractivity contribution is 0.568. The van der Waals surface area contributed by atoms with Gasteiger partial charge in [-0.2, -0.15) is 0 Å². The number of nitrogens with zero attached hydrogens (tertiary/aromatic N) is 3. The zero-order valence-electron chi connectivity index (χ0n) is 11.8. The standard InChI is InChI=1S/C16H17BrN4/c1-12(13-5-7-14(17)8-6-13)18-10-9-16-20-19-15-4-2-3-11-21(15)16/h2-8,11-12,18H,9-10H2,1H3. The van der Waals surface area contributed by atoms with Crippen LogP contribution in [0.2, 0.25) is 0 Å². The third-order valence-corrected chi connectivity index (χ3v) is 4.08. The SMILES string of the molecule is CC(NCCc1nnc2ccccn12)c1ccc(Br)cc1. The molecule has 2 heterocycles. The lowest BCUT2D eigenvalue weighted by Gasteiger charge is -2.13. The van der Waals surface area contributed by atoms with Crippen molar-refractivity contribution in [2.75, 3.05) is 6.54 Å². The van der Waals surface area contributed by atoms with E-state index in [9.17, 15) is 0 Å². The Kier molecular flexibility index (Phi) is 4.31. The summed E-state index contributed by atoms with van der Waals surface area (Å²) in [6.45, 7) is 3.04. The first-order chi connectivity index (χ1) is 10.2. The van der Waals surface area contributed by atoms with Crippen LogP contribution in [0.3, 0.4) is 0 Å². The first kappa shape index (κ1) is 14.2. The number of fused-ring (bicyclic) bond motifs is 1. The first-order valence-electron chi connectivity index (χ1n) is 7.01. The van der Waals surface area contributed by atoms with Crippen LogP contribution in [0, 0.1) is 0 Å². The number of hydrogen-bond acceptors (Lipinski definition) is 3. The van der Waals surface area contributed by atoms with Gasteiger partial charge in [0.25, 0.3) is 0 Å². The second-order valence-electron chi connectivity index (χ2n) is 5.02. The van der Waals surface area contributed by atoms with Gasteiger partial charge >= 0.3 is 0 Å². The van der Waals surface area contributed by atoms with Crippen molar-refractivity contribution in [3.63, 3.8) is 0 Å². The Hall–Kier alpha value is -1.72.